The molecule has 1 aromatic rings. The van der Waals surface area contributed by atoms with Gasteiger partial charge in [-0.25, -0.2) is 0 Å². The van der Waals surface area contributed by atoms with Crippen molar-refractivity contribution in [2.24, 2.45) is 0 Å². The molecule has 1 aromatic heterocycles. The largest absolute Gasteiger partial charge is 0.396 e. The van der Waals surface area contributed by atoms with E-state index in [-0.39, 0.29) is 0 Å². The minimum Gasteiger partial charge on any atom is -0.396 e. The second-order valence-corrected chi connectivity index (χ2v) is 3.64. The van der Waals surface area contributed by atoms with Crippen LogP contribution in [0.5, 0.6) is 0 Å². The zero-order valence-electron chi connectivity index (χ0n) is 9.43. The summed E-state index contributed by atoms with van der Waals surface area (Å²) in [4.78, 5) is 2.18. The number of nitrogens with two attached hydrogens (primary N) is 1. The van der Waals surface area contributed by atoms with Crippen molar-refractivity contribution in [3.63, 3.8) is 0 Å². The molecule has 1 heterocycles. The van der Waals surface area contributed by atoms with Crippen molar-refractivity contribution in [1.82, 2.24) is 14.7 Å². The number of likely N-dealkylation sites (N-methyl/N-ethyl adjacent to an activating group) is 1. The molecular weight excluding hydrogens is 192 g/mol. The zero-order valence-corrected chi connectivity index (χ0v) is 9.43. The Morgan fingerprint density at radius 3 is 2.67 bits per heavy atom. The quantitative estimate of drug-likeness (QED) is 0.705. The molecule has 0 saturated heterocycles. The van der Waals surface area contributed by atoms with Crippen LogP contribution in [0.15, 0.2) is 12.4 Å². The summed E-state index contributed by atoms with van der Waals surface area (Å²) in [5, 5.41) is 13.8. The van der Waals surface area contributed by atoms with E-state index in [0.717, 1.165) is 13.1 Å². The molecule has 0 aliphatic rings. The summed E-state index contributed by atoms with van der Waals surface area (Å²) in [6.07, 6.45) is 2.92. The number of aliphatic hydroxyl groups is 1. The van der Waals surface area contributed by atoms with E-state index in [4.69, 9.17) is 5.73 Å². The lowest BCUT2D eigenvalue weighted by atomic mass is 10.3. The first-order chi connectivity index (χ1) is 7.15. The summed E-state index contributed by atoms with van der Waals surface area (Å²) in [5.74, 6) is 0. The van der Waals surface area contributed by atoms with Crippen molar-refractivity contribution in [3.8, 4) is 0 Å². The molecule has 0 radical (unpaired) electrons. The Morgan fingerprint density at radius 2 is 2.20 bits per heavy atom. The molecule has 0 aliphatic carbocycles. The van der Waals surface area contributed by atoms with Crippen LogP contribution in [0.4, 0.5) is 5.69 Å². The SMILES string of the molecule is CCN(CC)CC(O)Cn1cc(N)cn1. The van der Waals surface area contributed by atoms with Crippen LogP contribution in [-0.4, -0.2) is 45.5 Å². The molecule has 3 N–H and O–H groups in total. The van der Waals surface area contributed by atoms with Gasteiger partial charge in [0.2, 0.25) is 0 Å². The van der Waals surface area contributed by atoms with Crippen molar-refractivity contribution in [3.05, 3.63) is 12.4 Å². The van der Waals surface area contributed by atoms with E-state index < -0.39 is 6.10 Å². The van der Waals surface area contributed by atoms with Crippen LogP contribution in [0.3, 0.4) is 0 Å². The Morgan fingerprint density at radius 1 is 1.53 bits per heavy atom. The van der Waals surface area contributed by atoms with E-state index >= 15 is 0 Å². The highest BCUT2D eigenvalue weighted by Crippen LogP contribution is 2.00. The molecule has 0 spiro atoms. The Hall–Kier alpha value is -1.07. The maximum atomic E-state index is 9.80. The Kier molecular flexibility index (Phi) is 4.58. The van der Waals surface area contributed by atoms with E-state index in [2.05, 4.69) is 23.8 Å². The lowest BCUT2D eigenvalue weighted by molar-refractivity contribution is 0.0997. The summed E-state index contributed by atoms with van der Waals surface area (Å²) in [6.45, 7) is 7.24. The molecule has 1 rings (SSSR count). The van der Waals surface area contributed by atoms with Crippen LogP contribution in [0.25, 0.3) is 0 Å². The van der Waals surface area contributed by atoms with Crippen LogP contribution in [-0.2, 0) is 6.54 Å². The average Bonchev–Trinajstić information content (AvgIpc) is 2.60. The van der Waals surface area contributed by atoms with Gasteiger partial charge in [0.1, 0.15) is 0 Å². The summed E-state index contributed by atoms with van der Waals surface area (Å²) in [6, 6.07) is 0. The van der Waals surface area contributed by atoms with E-state index in [1.807, 2.05) is 0 Å². The summed E-state index contributed by atoms with van der Waals surface area (Å²) in [5.41, 5.74) is 6.16. The second kappa shape index (κ2) is 5.72. The fourth-order valence-electron chi connectivity index (χ4n) is 1.53. The number of nitrogen functional groups attached to an aromatic ring is 1. The highest BCUT2D eigenvalue weighted by atomic mass is 16.3. The van der Waals surface area contributed by atoms with Gasteiger partial charge in [0.05, 0.1) is 24.5 Å². The van der Waals surface area contributed by atoms with Crippen molar-refractivity contribution in [2.75, 3.05) is 25.4 Å². The topological polar surface area (TPSA) is 67.3 Å². The van der Waals surface area contributed by atoms with Crippen LogP contribution in [0.2, 0.25) is 0 Å². The van der Waals surface area contributed by atoms with Gasteiger partial charge in [-0.05, 0) is 13.1 Å². The minimum absolute atomic E-state index is 0.399. The molecule has 0 aromatic carbocycles. The fraction of sp³-hybridized carbons (Fsp3) is 0.700. The molecular formula is C10H20N4O. The maximum Gasteiger partial charge on any atom is 0.0862 e. The van der Waals surface area contributed by atoms with Crippen molar-refractivity contribution >= 4 is 5.69 Å². The third kappa shape index (κ3) is 3.89. The number of aromatic nitrogens is 2. The number of hydrogen-bond acceptors (Lipinski definition) is 4. The number of aliphatic hydroxyl groups excluding tert-OH is 1. The van der Waals surface area contributed by atoms with Crippen LogP contribution in [0.1, 0.15) is 13.8 Å². The van der Waals surface area contributed by atoms with Crippen LogP contribution < -0.4 is 5.73 Å². The van der Waals surface area contributed by atoms with E-state index in [9.17, 15) is 5.11 Å². The lowest BCUT2D eigenvalue weighted by Gasteiger charge is -2.21. The van der Waals surface area contributed by atoms with Crippen molar-refractivity contribution in [1.29, 1.82) is 0 Å². The third-order valence-corrected chi connectivity index (χ3v) is 2.41. The second-order valence-electron chi connectivity index (χ2n) is 3.64. The Balaban J connectivity index is 2.38. The van der Waals surface area contributed by atoms with Gasteiger partial charge in [0.15, 0.2) is 0 Å². The number of rotatable bonds is 6. The van der Waals surface area contributed by atoms with Gasteiger partial charge in [-0.15, -0.1) is 0 Å². The van der Waals surface area contributed by atoms with Gasteiger partial charge in [-0.2, -0.15) is 5.10 Å². The van der Waals surface area contributed by atoms with Gasteiger partial charge in [0.25, 0.3) is 0 Å². The zero-order chi connectivity index (χ0) is 11.3. The monoisotopic (exact) mass is 212 g/mol. The molecule has 5 heteroatoms. The highest BCUT2D eigenvalue weighted by Gasteiger charge is 2.09. The Bertz CT molecular complexity index is 283. The number of nitrogens with zero attached hydrogens (tertiary/aromatic N) is 3. The fourth-order valence-corrected chi connectivity index (χ4v) is 1.53. The maximum absolute atomic E-state index is 9.80. The first-order valence-electron chi connectivity index (χ1n) is 5.34. The molecule has 5 nitrogen and oxygen atoms in total. The van der Waals surface area contributed by atoms with Crippen LogP contribution >= 0.6 is 0 Å². The smallest absolute Gasteiger partial charge is 0.0862 e. The predicted octanol–water partition coefficient (Wildman–Crippen LogP) is 0.168. The molecule has 0 aliphatic heterocycles. The predicted molar refractivity (Wildman–Crippen MR) is 60.4 cm³/mol. The first-order valence-corrected chi connectivity index (χ1v) is 5.34. The lowest BCUT2D eigenvalue weighted by Crippen LogP contribution is -2.34. The van der Waals surface area contributed by atoms with Gasteiger partial charge in [-0.3, -0.25) is 4.68 Å². The average molecular weight is 212 g/mol. The van der Waals surface area contributed by atoms with Gasteiger partial charge in [0, 0.05) is 12.7 Å². The third-order valence-electron chi connectivity index (χ3n) is 2.41. The van der Waals surface area contributed by atoms with Crippen LogP contribution in [0, 0.1) is 0 Å². The molecule has 0 fully saturated rings. The van der Waals surface area contributed by atoms with E-state index in [1.165, 1.54) is 0 Å². The first kappa shape index (κ1) is 12.0. The molecule has 1 atom stereocenters. The summed E-state index contributed by atoms with van der Waals surface area (Å²) >= 11 is 0. The highest BCUT2D eigenvalue weighted by molar-refractivity contribution is 5.30. The van der Waals surface area contributed by atoms with Crippen molar-refractivity contribution in [2.45, 2.75) is 26.5 Å². The number of hydrogen-bond donors (Lipinski definition) is 2. The standard InChI is InChI=1S/C10H20N4O/c1-3-13(4-2)7-10(15)8-14-6-9(11)5-12-14/h5-6,10,15H,3-4,7-8,11H2,1-2H3. The molecule has 86 valence electrons. The van der Waals surface area contributed by atoms with Gasteiger partial charge in [-0.1, -0.05) is 13.8 Å². The van der Waals surface area contributed by atoms with Gasteiger partial charge < -0.3 is 15.7 Å². The molecule has 0 bridgehead atoms. The molecule has 15 heavy (non-hydrogen) atoms. The van der Waals surface area contributed by atoms with Gasteiger partial charge >= 0.3 is 0 Å². The Labute approximate surface area is 90.5 Å². The molecule has 1 unspecified atom stereocenters. The van der Waals surface area contributed by atoms with Crippen molar-refractivity contribution < 1.29 is 5.11 Å². The van der Waals surface area contributed by atoms with E-state index in [0.29, 0.717) is 18.8 Å². The van der Waals surface area contributed by atoms with E-state index in [1.54, 1.807) is 17.1 Å². The number of anilines is 1. The minimum atomic E-state index is -0.399. The molecule has 0 amide bonds. The normalized spacial score (nSPS) is 13.3. The summed E-state index contributed by atoms with van der Waals surface area (Å²) in [7, 11) is 0. The molecule has 0 saturated carbocycles. The summed E-state index contributed by atoms with van der Waals surface area (Å²) < 4.78 is 1.67.